The minimum absolute atomic E-state index is 0.108. The second kappa shape index (κ2) is 8.47. The quantitative estimate of drug-likeness (QED) is 0.385. The van der Waals surface area contributed by atoms with E-state index >= 15 is 0 Å². The lowest BCUT2D eigenvalue weighted by molar-refractivity contribution is 0.117. The Bertz CT molecular complexity index is 1790. The molecule has 1 aliphatic heterocycles. The number of ether oxygens (including phenoxy) is 1. The first-order valence-electron chi connectivity index (χ1n) is 12.0. The van der Waals surface area contributed by atoms with Gasteiger partial charge in [-0.05, 0) is 52.1 Å². The van der Waals surface area contributed by atoms with Crippen LogP contribution in [0.1, 0.15) is 27.9 Å². The van der Waals surface area contributed by atoms with Crippen LogP contribution in [0.15, 0.2) is 84.0 Å². The van der Waals surface area contributed by atoms with Crippen LogP contribution in [0.4, 0.5) is 0 Å². The largest absolute Gasteiger partial charge is 0.492 e. The molecule has 0 spiro atoms. The summed E-state index contributed by atoms with van der Waals surface area (Å²) in [7, 11) is 3.58. The van der Waals surface area contributed by atoms with E-state index in [4.69, 9.17) is 4.74 Å². The normalized spacial score (nSPS) is 16.7. The summed E-state index contributed by atoms with van der Waals surface area (Å²) in [6.07, 6.45) is 3.89. The summed E-state index contributed by atoms with van der Waals surface area (Å²) in [5.74, 6) is 0.415. The lowest BCUT2D eigenvalue weighted by atomic mass is 9.82. The molecule has 3 heterocycles. The Morgan fingerprint density at radius 3 is 2.65 bits per heavy atom. The number of nitrogens with zero attached hydrogens (tertiary/aromatic N) is 4. The van der Waals surface area contributed by atoms with Crippen molar-refractivity contribution in [3.63, 3.8) is 0 Å². The molecule has 6 bridgehead atoms. The smallest absolute Gasteiger partial charge is 0.251 e. The van der Waals surface area contributed by atoms with Crippen LogP contribution in [-0.4, -0.2) is 25.8 Å². The van der Waals surface area contributed by atoms with Crippen LogP contribution in [-0.2, 0) is 26.1 Å². The van der Waals surface area contributed by atoms with Crippen molar-refractivity contribution in [1.82, 2.24) is 14.1 Å². The molecule has 0 aliphatic carbocycles. The van der Waals surface area contributed by atoms with Crippen molar-refractivity contribution < 1.29 is 9.84 Å². The van der Waals surface area contributed by atoms with E-state index < -0.39 is 5.60 Å². The number of imidazole rings is 1. The van der Waals surface area contributed by atoms with E-state index in [-0.39, 0.29) is 5.56 Å². The van der Waals surface area contributed by atoms with Crippen molar-refractivity contribution in [3.8, 4) is 22.9 Å². The Labute approximate surface area is 213 Å². The van der Waals surface area contributed by atoms with Crippen LogP contribution in [0.25, 0.3) is 22.0 Å². The van der Waals surface area contributed by atoms with Crippen LogP contribution < -0.4 is 10.3 Å². The molecule has 1 atom stereocenters. The van der Waals surface area contributed by atoms with Gasteiger partial charge >= 0.3 is 0 Å². The van der Waals surface area contributed by atoms with Crippen LogP contribution in [0.2, 0.25) is 0 Å². The molecule has 0 saturated carbocycles. The fourth-order valence-corrected chi connectivity index (χ4v) is 5.23. The van der Waals surface area contributed by atoms with Gasteiger partial charge < -0.3 is 19.0 Å². The molecule has 1 N–H and O–H groups in total. The molecule has 7 heteroatoms. The number of hydrogen-bond acceptors (Lipinski definition) is 5. The molecular formula is C30H24N4O3. The topological polar surface area (TPSA) is 93.1 Å². The summed E-state index contributed by atoms with van der Waals surface area (Å²) < 4.78 is 9.48. The lowest BCUT2D eigenvalue weighted by Crippen LogP contribution is -2.31. The number of pyridine rings is 1. The van der Waals surface area contributed by atoms with Crippen molar-refractivity contribution in [3.05, 3.63) is 118 Å². The zero-order chi connectivity index (χ0) is 25.7. The van der Waals surface area contributed by atoms with Gasteiger partial charge in [-0.2, -0.15) is 5.26 Å². The number of fused-ring (bicyclic) bond motifs is 6. The fourth-order valence-electron chi connectivity index (χ4n) is 5.23. The Morgan fingerprint density at radius 1 is 1.05 bits per heavy atom. The minimum Gasteiger partial charge on any atom is -0.492 e. The van der Waals surface area contributed by atoms with E-state index in [1.54, 1.807) is 53.0 Å². The summed E-state index contributed by atoms with van der Waals surface area (Å²) in [6, 6.07) is 22.7. The standard InChI is InChI=1S/C30H24N4O3/c1-33-18-32-17-28(33)30(36)22-8-9-26-25(13-22)24(15-29(35)34(26)2)20-5-3-4-19(12-20)10-11-37-27-14-23(30)7-6-21(27)16-31/h3-9,12-15,17-18,36H,10-11H2,1-2H3/t30-/m0/s1. The van der Waals surface area contributed by atoms with Crippen molar-refractivity contribution in [2.75, 3.05) is 6.61 Å². The number of aryl methyl sites for hydroxylation is 2. The number of hydrogen-bond donors (Lipinski definition) is 1. The zero-order valence-corrected chi connectivity index (χ0v) is 20.5. The number of aromatic nitrogens is 3. The maximum Gasteiger partial charge on any atom is 0.251 e. The molecule has 0 saturated heterocycles. The molecule has 0 amide bonds. The molecule has 0 radical (unpaired) electrons. The molecule has 5 aromatic rings. The van der Waals surface area contributed by atoms with Crippen LogP contribution in [0.3, 0.4) is 0 Å². The first-order chi connectivity index (χ1) is 17.9. The average Bonchev–Trinajstić information content (AvgIpc) is 3.36. The maximum atomic E-state index is 12.9. The highest BCUT2D eigenvalue weighted by molar-refractivity contribution is 5.95. The van der Waals surface area contributed by atoms with Gasteiger partial charge in [-0.3, -0.25) is 4.79 Å². The predicted molar refractivity (Wildman–Crippen MR) is 140 cm³/mol. The fraction of sp³-hybridized carbons (Fsp3) is 0.167. The van der Waals surface area contributed by atoms with E-state index in [0.29, 0.717) is 41.2 Å². The highest BCUT2D eigenvalue weighted by Crippen LogP contribution is 2.41. The van der Waals surface area contributed by atoms with Crippen molar-refractivity contribution in [2.45, 2.75) is 12.0 Å². The number of rotatable bonds is 1. The summed E-state index contributed by atoms with van der Waals surface area (Å²) >= 11 is 0. The Balaban J connectivity index is 1.75. The van der Waals surface area contributed by atoms with E-state index in [2.05, 4.69) is 17.1 Å². The van der Waals surface area contributed by atoms with Gasteiger partial charge in [0.2, 0.25) is 0 Å². The Kier molecular flexibility index (Phi) is 5.21. The van der Waals surface area contributed by atoms with Gasteiger partial charge in [-0.1, -0.05) is 36.4 Å². The maximum absolute atomic E-state index is 12.9. The van der Waals surface area contributed by atoms with Crippen molar-refractivity contribution >= 4 is 10.9 Å². The van der Waals surface area contributed by atoms with Gasteiger partial charge in [0.25, 0.3) is 5.56 Å². The molecule has 182 valence electrons. The van der Waals surface area contributed by atoms with Gasteiger partial charge in [0.1, 0.15) is 11.8 Å². The molecule has 37 heavy (non-hydrogen) atoms. The monoisotopic (exact) mass is 488 g/mol. The van der Waals surface area contributed by atoms with Gasteiger partial charge in [-0.25, -0.2) is 4.98 Å². The molecular weight excluding hydrogens is 464 g/mol. The van der Waals surface area contributed by atoms with E-state index in [9.17, 15) is 15.2 Å². The van der Waals surface area contributed by atoms with Gasteiger partial charge in [0, 0.05) is 32.0 Å². The van der Waals surface area contributed by atoms with Gasteiger partial charge in [0.15, 0.2) is 5.60 Å². The molecule has 0 unspecified atom stereocenters. The first-order valence-corrected chi connectivity index (χ1v) is 12.0. The van der Waals surface area contributed by atoms with Crippen LogP contribution in [0.5, 0.6) is 5.75 Å². The average molecular weight is 489 g/mol. The second-order valence-electron chi connectivity index (χ2n) is 9.41. The highest BCUT2D eigenvalue weighted by Gasteiger charge is 2.37. The molecule has 1 aliphatic rings. The molecule has 7 nitrogen and oxygen atoms in total. The minimum atomic E-state index is -1.61. The first kappa shape index (κ1) is 22.8. The zero-order valence-electron chi connectivity index (χ0n) is 20.5. The Hall–Kier alpha value is -4.67. The summed E-state index contributed by atoms with van der Waals surface area (Å²) in [6.45, 7) is 0.350. The number of nitriles is 1. The van der Waals surface area contributed by atoms with Crippen LogP contribution in [0, 0.1) is 11.3 Å². The van der Waals surface area contributed by atoms with E-state index in [0.717, 1.165) is 27.6 Å². The number of benzene rings is 3. The van der Waals surface area contributed by atoms with E-state index in [1.807, 2.05) is 43.4 Å². The summed E-state index contributed by atoms with van der Waals surface area (Å²) in [5, 5.41) is 23.1. The molecule has 0 fully saturated rings. The second-order valence-corrected chi connectivity index (χ2v) is 9.41. The highest BCUT2D eigenvalue weighted by atomic mass is 16.5. The van der Waals surface area contributed by atoms with Gasteiger partial charge in [0.05, 0.1) is 35.9 Å². The van der Waals surface area contributed by atoms with Crippen molar-refractivity contribution in [1.29, 1.82) is 5.26 Å². The third kappa shape index (κ3) is 3.53. The van der Waals surface area contributed by atoms with Crippen molar-refractivity contribution in [2.24, 2.45) is 14.1 Å². The summed E-state index contributed by atoms with van der Waals surface area (Å²) in [5.41, 5.74) is 3.92. The van der Waals surface area contributed by atoms with E-state index in [1.165, 1.54) is 0 Å². The third-order valence-electron chi connectivity index (χ3n) is 7.26. The predicted octanol–water partition coefficient (Wildman–Crippen LogP) is 4.03. The lowest BCUT2D eigenvalue weighted by Gasteiger charge is -2.31. The molecule has 3 aromatic carbocycles. The SMILES string of the molecule is Cn1cncc1[C@@]1(O)c2ccc(C#N)c(c2)OCCc2cccc(c2)-c2cc(=O)n(C)c3ccc1cc23. The third-order valence-corrected chi connectivity index (χ3v) is 7.26. The molecule has 6 rings (SSSR count). The van der Waals surface area contributed by atoms with Gasteiger partial charge in [-0.15, -0.1) is 0 Å². The Morgan fingerprint density at radius 2 is 1.86 bits per heavy atom. The van der Waals surface area contributed by atoms with Crippen LogP contribution >= 0.6 is 0 Å². The number of aliphatic hydroxyl groups is 1. The summed E-state index contributed by atoms with van der Waals surface area (Å²) in [4.78, 5) is 17.2. The molecule has 2 aromatic heterocycles.